The lowest BCUT2D eigenvalue weighted by Crippen LogP contribution is -2.30. The standard InChI is InChI=1S/C21H16ClN5O3/c1-13(20(28)26-16-8-5-10-23-18(16)22)30-21(29)15-12-25-27-17(9-11-24-19(15)27)14-6-3-2-4-7-14/h2-13H,1H3,(H,26,28). The molecule has 4 aromatic rings. The Balaban J connectivity index is 1.54. The number of benzene rings is 1. The highest BCUT2D eigenvalue weighted by atomic mass is 35.5. The van der Waals surface area contributed by atoms with Crippen molar-refractivity contribution in [2.75, 3.05) is 5.32 Å². The van der Waals surface area contributed by atoms with E-state index in [9.17, 15) is 9.59 Å². The van der Waals surface area contributed by atoms with Crippen molar-refractivity contribution in [2.45, 2.75) is 13.0 Å². The van der Waals surface area contributed by atoms with Crippen LogP contribution >= 0.6 is 11.6 Å². The number of amides is 1. The smallest absolute Gasteiger partial charge is 0.344 e. The Hall–Kier alpha value is -3.78. The number of nitrogens with zero attached hydrogens (tertiary/aromatic N) is 4. The molecule has 0 aliphatic heterocycles. The van der Waals surface area contributed by atoms with Gasteiger partial charge in [0.2, 0.25) is 0 Å². The van der Waals surface area contributed by atoms with E-state index in [1.54, 1.807) is 28.9 Å². The minimum absolute atomic E-state index is 0.143. The molecule has 150 valence electrons. The zero-order valence-corrected chi connectivity index (χ0v) is 16.6. The molecule has 0 bridgehead atoms. The Kier molecular flexibility index (Phi) is 5.40. The van der Waals surface area contributed by atoms with Crippen molar-refractivity contribution in [1.29, 1.82) is 0 Å². The summed E-state index contributed by atoms with van der Waals surface area (Å²) in [5.41, 5.74) is 2.53. The number of halogens is 1. The van der Waals surface area contributed by atoms with Crippen LogP contribution in [0.25, 0.3) is 16.9 Å². The van der Waals surface area contributed by atoms with Gasteiger partial charge in [-0.2, -0.15) is 5.10 Å². The maximum absolute atomic E-state index is 12.7. The van der Waals surface area contributed by atoms with Gasteiger partial charge in [-0.3, -0.25) is 4.79 Å². The van der Waals surface area contributed by atoms with Gasteiger partial charge in [-0.05, 0) is 25.1 Å². The van der Waals surface area contributed by atoms with Crippen molar-refractivity contribution < 1.29 is 14.3 Å². The van der Waals surface area contributed by atoms with Crippen LogP contribution in [0.5, 0.6) is 0 Å². The van der Waals surface area contributed by atoms with Crippen LogP contribution in [-0.4, -0.2) is 37.6 Å². The molecule has 0 fully saturated rings. The van der Waals surface area contributed by atoms with Gasteiger partial charge >= 0.3 is 5.97 Å². The van der Waals surface area contributed by atoms with Gasteiger partial charge in [-0.1, -0.05) is 41.9 Å². The lowest BCUT2D eigenvalue weighted by molar-refractivity contribution is -0.123. The number of hydrogen-bond acceptors (Lipinski definition) is 6. The Bertz CT molecular complexity index is 1230. The van der Waals surface area contributed by atoms with Gasteiger partial charge in [0.15, 0.2) is 16.9 Å². The summed E-state index contributed by atoms with van der Waals surface area (Å²) in [6.07, 6.45) is 3.40. The van der Waals surface area contributed by atoms with Gasteiger partial charge in [0.05, 0.1) is 17.6 Å². The molecule has 0 spiro atoms. The Morgan fingerprint density at radius 2 is 1.87 bits per heavy atom. The van der Waals surface area contributed by atoms with Gasteiger partial charge in [-0.25, -0.2) is 19.3 Å². The van der Waals surface area contributed by atoms with Crippen molar-refractivity contribution in [3.05, 3.63) is 77.8 Å². The van der Waals surface area contributed by atoms with Gasteiger partial charge < -0.3 is 10.1 Å². The highest BCUT2D eigenvalue weighted by Crippen LogP contribution is 2.22. The molecule has 30 heavy (non-hydrogen) atoms. The van der Waals surface area contributed by atoms with Crippen molar-refractivity contribution in [2.24, 2.45) is 0 Å². The number of pyridine rings is 1. The third-order valence-electron chi connectivity index (χ3n) is 4.36. The number of aromatic nitrogens is 4. The summed E-state index contributed by atoms with van der Waals surface area (Å²) in [7, 11) is 0. The van der Waals surface area contributed by atoms with Gasteiger partial charge in [0.1, 0.15) is 5.56 Å². The van der Waals surface area contributed by atoms with Gasteiger partial charge in [-0.15, -0.1) is 0 Å². The number of hydrogen-bond donors (Lipinski definition) is 1. The number of rotatable bonds is 5. The first-order valence-electron chi connectivity index (χ1n) is 9.05. The quantitative estimate of drug-likeness (QED) is 0.390. The lowest BCUT2D eigenvalue weighted by atomic mass is 10.1. The van der Waals surface area contributed by atoms with Crippen LogP contribution in [0.3, 0.4) is 0 Å². The molecule has 8 nitrogen and oxygen atoms in total. The van der Waals surface area contributed by atoms with Crippen LogP contribution in [0.15, 0.2) is 67.1 Å². The first-order valence-corrected chi connectivity index (χ1v) is 9.43. The second kappa shape index (κ2) is 8.30. The molecule has 3 heterocycles. The number of anilines is 1. The number of ether oxygens (including phenoxy) is 1. The number of esters is 1. The monoisotopic (exact) mass is 421 g/mol. The van der Waals surface area contributed by atoms with E-state index >= 15 is 0 Å². The van der Waals surface area contributed by atoms with Crippen LogP contribution in [0.1, 0.15) is 17.3 Å². The Labute approximate surface area is 176 Å². The van der Waals surface area contributed by atoms with Crippen LogP contribution in [0, 0.1) is 0 Å². The van der Waals surface area contributed by atoms with E-state index < -0.39 is 18.0 Å². The summed E-state index contributed by atoms with van der Waals surface area (Å²) in [5.74, 6) is -1.24. The summed E-state index contributed by atoms with van der Waals surface area (Å²) in [6.45, 7) is 1.46. The Morgan fingerprint density at radius 3 is 2.63 bits per heavy atom. The zero-order chi connectivity index (χ0) is 21.1. The summed E-state index contributed by atoms with van der Waals surface area (Å²) in [5, 5.41) is 7.00. The average molecular weight is 422 g/mol. The van der Waals surface area contributed by atoms with Crippen LogP contribution in [0.2, 0.25) is 5.15 Å². The number of nitrogens with one attached hydrogen (secondary N) is 1. The minimum Gasteiger partial charge on any atom is -0.449 e. The number of carbonyl (C=O) groups excluding carboxylic acids is 2. The third-order valence-corrected chi connectivity index (χ3v) is 4.66. The average Bonchev–Trinajstić information content (AvgIpc) is 3.20. The topological polar surface area (TPSA) is 98.5 Å². The molecular formula is C21H16ClN5O3. The minimum atomic E-state index is -1.07. The van der Waals surface area contributed by atoms with E-state index in [1.807, 2.05) is 30.3 Å². The fourth-order valence-electron chi connectivity index (χ4n) is 2.85. The van der Waals surface area contributed by atoms with E-state index in [-0.39, 0.29) is 10.7 Å². The first-order chi connectivity index (χ1) is 14.5. The predicted octanol–water partition coefficient (Wildman–Crippen LogP) is 3.63. The molecule has 4 rings (SSSR count). The fourth-order valence-corrected chi connectivity index (χ4v) is 3.02. The third kappa shape index (κ3) is 3.85. The van der Waals surface area contributed by atoms with Crippen LogP contribution in [0.4, 0.5) is 5.69 Å². The summed E-state index contributed by atoms with van der Waals surface area (Å²) in [4.78, 5) is 33.2. The maximum Gasteiger partial charge on any atom is 0.344 e. The van der Waals surface area contributed by atoms with Gasteiger partial charge in [0, 0.05) is 18.0 Å². The molecule has 0 aliphatic carbocycles. The van der Waals surface area contributed by atoms with Crippen molar-refractivity contribution >= 4 is 34.8 Å². The van der Waals surface area contributed by atoms with E-state index in [2.05, 4.69) is 20.4 Å². The van der Waals surface area contributed by atoms with Crippen molar-refractivity contribution in [1.82, 2.24) is 19.6 Å². The van der Waals surface area contributed by atoms with E-state index in [0.29, 0.717) is 11.3 Å². The van der Waals surface area contributed by atoms with Crippen molar-refractivity contribution in [3.63, 3.8) is 0 Å². The Morgan fingerprint density at radius 1 is 1.07 bits per heavy atom. The summed E-state index contributed by atoms with van der Waals surface area (Å²) < 4.78 is 6.88. The lowest BCUT2D eigenvalue weighted by Gasteiger charge is -2.13. The molecule has 0 radical (unpaired) electrons. The van der Waals surface area contributed by atoms with Gasteiger partial charge in [0.25, 0.3) is 5.91 Å². The highest BCUT2D eigenvalue weighted by Gasteiger charge is 2.23. The first kappa shape index (κ1) is 19.5. The summed E-state index contributed by atoms with van der Waals surface area (Å²) in [6, 6.07) is 14.6. The van der Waals surface area contributed by atoms with E-state index in [1.165, 1.54) is 19.3 Å². The molecule has 0 saturated carbocycles. The molecule has 1 aromatic carbocycles. The molecular weight excluding hydrogens is 406 g/mol. The summed E-state index contributed by atoms with van der Waals surface area (Å²) >= 11 is 5.94. The molecule has 0 saturated heterocycles. The second-order valence-corrected chi connectivity index (χ2v) is 6.73. The highest BCUT2D eigenvalue weighted by molar-refractivity contribution is 6.32. The van der Waals surface area contributed by atoms with Crippen LogP contribution in [-0.2, 0) is 9.53 Å². The molecule has 9 heteroatoms. The fraction of sp³-hybridized carbons (Fsp3) is 0.0952. The van der Waals surface area contributed by atoms with Crippen molar-refractivity contribution in [3.8, 4) is 11.3 Å². The van der Waals surface area contributed by atoms with E-state index in [4.69, 9.17) is 16.3 Å². The number of carbonyl (C=O) groups is 2. The SMILES string of the molecule is CC(OC(=O)c1cnn2c(-c3ccccc3)ccnc12)C(=O)Nc1cccnc1Cl. The van der Waals surface area contributed by atoms with Crippen LogP contribution < -0.4 is 5.32 Å². The van der Waals surface area contributed by atoms with E-state index in [0.717, 1.165) is 11.3 Å². The molecule has 0 aliphatic rings. The maximum atomic E-state index is 12.7. The molecule has 1 unspecified atom stereocenters. The molecule has 3 aromatic heterocycles. The predicted molar refractivity (Wildman–Crippen MR) is 111 cm³/mol. The molecule has 1 amide bonds. The molecule has 1 atom stereocenters. The largest absolute Gasteiger partial charge is 0.449 e. The number of fused-ring (bicyclic) bond motifs is 1. The second-order valence-electron chi connectivity index (χ2n) is 6.37. The molecule has 1 N–H and O–H groups in total. The zero-order valence-electron chi connectivity index (χ0n) is 15.8. The normalized spacial score (nSPS) is 11.8.